The summed E-state index contributed by atoms with van der Waals surface area (Å²) in [4.78, 5) is 4.41. The van der Waals surface area contributed by atoms with Gasteiger partial charge in [-0.2, -0.15) is 0 Å². The summed E-state index contributed by atoms with van der Waals surface area (Å²) in [6, 6.07) is 7.85. The monoisotopic (exact) mass is 276 g/mol. The quantitative estimate of drug-likeness (QED) is 0.874. The molecule has 0 radical (unpaired) electrons. The lowest BCUT2D eigenvalue weighted by Gasteiger charge is -2.29. The Labute approximate surface area is 125 Å². The van der Waals surface area contributed by atoms with Crippen molar-refractivity contribution in [3.63, 3.8) is 0 Å². The Kier molecular flexibility index (Phi) is 8.52. The highest BCUT2D eigenvalue weighted by Crippen LogP contribution is 2.16. The van der Waals surface area contributed by atoms with E-state index in [1.165, 1.54) is 43.5 Å². The predicted molar refractivity (Wildman–Crippen MR) is 88.1 cm³/mol. The van der Waals surface area contributed by atoms with Gasteiger partial charge < -0.3 is 5.32 Å². The lowest BCUT2D eigenvalue weighted by atomic mass is 9.96. The summed E-state index contributed by atoms with van der Waals surface area (Å²) in [5.41, 5.74) is 2.39. The third-order valence-corrected chi connectivity index (χ3v) is 4.15. The molecule has 0 aliphatic carbocycles. The maximum Gasteiger partial charge on any atom is 0.0404 e. The molecule has 0 unspecified atom stereocenters. The van der Waals surface area contributed by atoms with E-state index in [2.05, 4.69) is 56.2 Å². The highest BCUT2D eigenvalue weighted by Gasteiger charge is 2.17. The minimum Gasteiger partial charge on any atom is -0.311 e. The molecule has 0 bridgehead atoms. The van der Waals surface area contributed by atoms with Gasteiger partial charge in [0, 0.05) is 23.5 Å². The molecule has 1 N–H and O–H groups in total. The maximum atomic E-state index is 4.41. The molecular weight excluding hydrogens is 244 g/mol. The summed E-state index contributed by atoms with van der Waals surface area (Å²) in [6.45, 7) is 8.80. The molecule has 20 heavy (non-hydrogen) atoms. The summed E-state index contributed by atoms with van der Waals surface area (Å²) < 4.78 is 0. The van der Waals surface area contributed by atoms with Crippen LogP contribution in [0.4, 0.5) is 0 Å². The van der Waals surface area contributed by atoms with Crippen molar-refractivity contribution in [3.05, 3.63) is 29.6 Å². The van der Waals surface area contributed by atoms with Crippen LogP contribution in [0.3, 0.4) is 0 Å². The van der Waals surface area contributed by atoms with Crippen LogP contribution in [0.15, 0.2) is 18.2 Å². The van der Waals surface area contributed by atoms with E-state index in [9.17, 15) is 0 Å². The number of nitrogens with zero attached hydrogens (tertiary/aromatic N) is 1. The smallest absolute Gasteiger partial charge is 0.0404 e. The summed E-state index contributed by atoms with van der Waals surface area (Å²) in [6.07, 6.45) is 8.90. The molecule has 1 fully saturated rings. The van der Waals surface area contributed by atoms with E-state index in [-0.39, 0.29) is 0 Å². The number of rotatable bonds is 4. The van der Waals surface area contributed by atoms with Gasteiger partial charge in [0.15, 0.2) is 0 Å². The van der Waals surface area contributed by atoms with E-state index in [0.29, 0.717) is 0 Å². The van der Waals surface area contributed by atoms with Crippen LogP contribution < -0.4 is 5.32 Å². The molecule has 0 saturated carbocycles. The van der Waals surface area contributed by atoms with Crippen LogP contribution in [0, 0.1) is 0 Å². The first-order valence-electron chi connectivity index (χ1n) is 8.44. The topological polar surface area (TPSA) is 24.9 Å². The lowest BCUT2D eigenvalue weighted by Crippen LogP contribution is -2.41. The number of aryl methyl sites for hydroxylation is 2. The fourth-order valence-electron chi connectivity index (χ4n) is 2.68. The highest BCUT2D eigenvalue weighted by molar-refractivity contribution is 5.10. The van der Waals surface area contributed by atoms with Crippen LogP contribution in [0.25, 0.3) is 0 Å². The van der Waals surface area contributed by atoms with Gasteiger partial charge in [0.05, 0.1) is 0 Å². The van der Waals surface area contributed by atoms with E-state index in [1.807, 2.05) is 0 Å². The molecule has 114 valence electrons. The van der Waals surface area contributed by atoms with Crippen LogP contribution in [-0.4, -0.2) is 17.1 Å². The first kappa shape index (κ1) is 17.2. The molecular formula is C18H32N2. The molecule has 1 aliphatic heterocycles. The third-order valence-electron chi connectivity index (χ3n) is 4.15. The average molecular weight is 276 g/mol. The maximum absolute atomic E-state index is 4.41. The second-order valence-corrected chi connectivity index (χ2v) is 5.64. The molecule has 2 nitrogen and oxygen atoms in total. The SMILES string of the molecule is CC[C@@H]1CCC[C@H](CC)N1.CCc1cccc(CC)n1. The number of pyridine rings is 1. The normalized spacial score (nSPS) is 22.0. The zero-order valence-corrected chi connectivity index (χ0v) is 13.8. The van der Waals surface area contributed by atoms with Crippen LogP contribution in [-0.2, 0) is 12.8 Å². The van der Waals surface area contributed by atoms with Gasteiger partial charge in [-0.3, -0.25) is 4.98 Å². The van der Waals surface area contributed by atoms with Crippen molar-refractivity contribution in [3.8, 4) is 0 Å². The fraction of sp³-hybridized carbons (Fsp3) is 0.722. The molecule has 2 rings (SSSR count). The number of aromatic nitrogens is 1. The Morgan fingerprint density at radius 2 is 1.45 bits per heavy atom. The second-order valence-electron chi connectivity index (χ2n) is 5.64. The van der Waals surface area contributed by atoms with Crippen LogP contribution in [0.2, 0.25) is 0 Å². The summed E-state index contributed by atoms with van der Waals surface area (Å²) in [5, 5.41) is 3.65. The van der Waals surface area contributed by atoms with Gasteiger partial charge >= 0.3 is 0 Å². The van der Waals surface area contributed by atoms with Crippen molar-refractivity contribution in [2.75, 3.05) is 0 Å². The van der Waals surface area contributed by atoms with Crippen molar-refractivity contribution < 1.29 is 0 Å². The lowest BCUT2D eigenvalue weighted by molar-refractivity contribution is 0.308. The van der Waals surface area contributed by atoms with Gasteiger partial charge in [0.25, 0.3) is 0 Å². The van der Waals surface area contributed by atoms with Gasteiger partial charge in [-0.05, 0) is 50.7 Å². The number of nitrogens with one attached hydrogen (secondary N) is 1. The first-order chi connectivity index (χ1) is 9.73. The van der Waals surface area contributed by atoms with Gasteiger partial charge in [0.1, 0.15) is 0 Å². The Balaban J connectivity index is 0.000000200. The van der Waals surface area contributed by atoms with Gasteiger partial charge in [-0.1, -0.05) is 40.2 Å². The first-order valence-corrected chi connectivity index (χ1v) is 8.44. The average Bonchev–Trinajstić information content (AvgIpc) is 2.55. The van der Waals surface area contributed by atoms with Crippen LogP contribution in [0.1, 0.15) is 71.2 Å². The number of hydrogen-bond acceptors (Lipinski definition) is 2. The van der Waals surface area contributed by atoms with Crippen molar-refractivity contribution in [1.29, 1.82) is 0 Å². The molecule has 0 spiro atoms. The highest BCUT2D eigenvalue weighted by atomic mass is 15.0. The van der Waals surface area contributed by atoms with E-state index in [0.717, 1.165) is 24.9 Å². The zero-order chi connectivity index (χ0) is 14.8. The molecule has 1 aromatic rings. The third kappa shape index (κ3) is 6.04. The molecule has 1 aliphatic rings. The largest absolute Gasteiger partial charge is 0.311 e. The minimum absolute atomic E-state index is 0.818. The van der Waals surface area contributed by atoms with Crippen LogP contribution in [0.5, 0.6) is 0 Å². The molecule has 2 heteroatoms. The van der Waals surface area contributed by atoms with Gasteiger partial charge in [0.2, 0.25) is 0 Å². The van der Waals surface area contributed by atoms with Crippen LogP contribution >= 0.6 is 0 Å². The second kappa shape index (κ2) is 9.93. The Morgan fingerprint density at radius 1 is 0.950 bits per heavy atom. The van der Waals surface area contributed by atoms with E-state index in [1.54, 1.807) is 0 Å². The van der Waals surface area contributed by atoms with Gasteiger partial charge in [-0.25, -0.2) is 0 Å². The summed E-state index contributed by atoms with van der Waals surface area (Å²) in [7, 11) is 0. The summed E-state index contributed by atoms with van der Waals surface area (Å²) in [5.74, 6) is 0. The molecule has 2 atom stereocenters. The van der Waals surface area contributed by atoms with Crippen molar-refractivity contribution in [2.24, 2.45) is 0 Å². The Hall–Kier alpha value is -0.890. The van der Waals surface area contributed by atoms with Crippen molar-refractivity contribution in [2.45, 2.75) is 84.7 Å². The van der Waals surface area contributed by atoms with Crippen molar-refractivity contribution in [1.82, 2.24) is 10.3 Å². The number of hydrogen-bond donors (Lipinski definition) is 1. The molecule has 1 aromatic heterocycles. The standard InChI is InChI=1S/C9H19N.C9H13N/c2*1-3-8-6-5-7-9(4-2)10-8/h8-10H,3-7H2,1-2H3;5-7H,3-4H2,1-2H3/t8-,9+;. The summed E-state index contributed by atoms with van der Waals surface area (Å²) >= 11 is 0. The van der Waals surface area contributed by atoms with Gasteiger partial charge in [-0.15, -0.1) is 0 Å². The van der Waals surface area contributed by atoms with E-state index in [4.69, 9.17) is 0 Å². The number of piperidine rings is 1. The van der Waals surface area contributed by atoms with E-state index >= 15 is 0 Å². The molecule has 1 saturated heterocycles. The van der Waals surface area contributed by atoms with Crippen molar-refractivity contribution >= 4 is 0 Å². The molecule has 0 amide bonds. The Morgan fingerprint density at radius 3 is 1.85 bits per heavy atom. The minimum atomic E-state index is 0.818. The van der Waals surface area contributed by atoms with E-state index < -0.39 is 0 Å². The molecule has 2 heterocycles. The molecule has 0 aromatic carbocycles. The fourth-order valence-corrected chi connectivity index (χ4v) is 2.68. The zero-order valence-electron chi connectivity index (χ0n) is 13.8. The Bertz CT molecular complexity index is 333. The predicted octanol–water partition coefficient (Wildman–Crippen LogP) is 4.52.